The van der Waals surface area contributed by atoms with Crippen molar-refractivity contribution < 1.29 is 9.53 Å². The molecule has 1 amide bonds. The van der Waals surface area contributed by atoms with Gasteiger partial charge in [-0.25, -0.2) is 0 Å². The Hall–Kier alpha value is -3.77. The minimum atomic E-state index is -0.169. The van der Waals surface area contributed by atoms with Crippen LogP contribution in [0.25, 0.3) is 10.9 Å². The number of fused-ring (bicyclic) bond motifs is 1. The molecule has 1 aromatic heterocycles. The minimum Gasteiger partial charge on any atom is -0.496 e. The third-order valence-electron chi connectivity index (χ3n) is 6.78. The molecule has 0 saturated carbocycles. The topological polar surface area (TPSA) is 58.5 Å². The Balaban J connectivity index is 1.12. The number of benzene rings is 3. The van der Waals surface area contributed by atoms with Gasteiger partial charge in [0.25, 0.3) is 5.91 Å². The molecule has 0 radical (unpaired) electrons. The van der Waals surface area contributed by atoms with E-state index in [0.717, 1.165) is 50.4 Å². The first kappa shape index (κ1) is 23.0. The highest BCUT2D eigenvalue weighted by Gasteiger charge is 2.19. The molecule has 6 heteroatoms. The van der Waals surface area contributed by atoms with Crippen LogP contribution in [-0.2, 0) is 6.54 Å². The van der Waals surface area contributed by atoms with Crippen molar-refractivity contribution in [2.24, 2.45) is 0 Å². The number of methoxy groups -OCH3 is 1. The number of para-hydroxylation sites is 2. The highest BCUT2D eigenvalue weighted by Crippen LogP contribution is 2.25. The van der Waals surface area contributed by atoms with E-state index in [0.29, 0.717) is 17.4 Å². The predicted molar refractivity (Wildman–Crippen MR) is 143 cm³/mol. The van der Waals surface area contributed by atoms with E-state index in [2.05, 4.69) is 68.8 Å². The summed E-state index contributed by atoms with van der Waals surface area (Å²) in [4.78, 5) is 15.2. The first-order valence-corrected chi connectivity index (χ1v) is 12.3. The molecule has 180 valence electrons. The molecular formula is C29H32N4O2. The van der Waals surface area contributed by atoms with Crippen molar-refractivity contribution in [1.29, 1.82) is 0 Å². The summed E-state index contributed by atoms with van der Waals surface area (Å²) in [5.41, 5.74) is 3.75. The Morgan fingerprint density at radius 1 is 0.971 bits per heavy atom. The largest absolute Gasteiger partial charge is 0.496 e. The maximum absolute atomic E-state index is 12.8. The Kier molecular flexibility index (Phi) is 7.00. The van der Waals surface area contributed by atoms with E-state index < -0.39 is 0 Å². The van der Waals surface area contributed by atoms with Gasteiger partial charge in [0, 0.05) is 55.3 Å². The summed E-state index contributed by atoms with van der Waals surface area (Å²) in [6.07, 6.45) is 4.38. The SMILES string of the molecule is COc1ccccc1C(=O)Nc1cccc(N2CCC(NCCn3ccc4ccccc43)CC2)c1. The molecule has 6 nitrogen and oxygen atoms in total. The molecule has 0 bridgehead atoms. The lowest BCUT2D eigenvalue weighted by atomic mass is 10.0. The van der Waals surface area contributed by atoms with Crippen LogP contribution in [0.4, 0.5) is 11.4 Å². The maximum Gasteiger partial charge on any atom is 0.259 e. The van der Waals surface area contributed by atoms with Crippen molar-refractivity contribution in [3.05, 3.63) is 90.6 Å². The molecule has 0 atom stereocenters. The highest BCUT2D eigenvalue weighted by atomic mass is 16.5. The summed E-state index contributed by atoms with van der Waals surface area (Å²) >= 11 is 0. The third-order valence-corrected chi connectivity index (χ3v) is 6.78. The fraction of sp³-hybridized carbons (Fsp3) is 0.276. The van der Waals surface area contributed by atoms with Crippen molar-refractivity contribution in [1.82, 2.24) is 9.88 Å². The van der Waals surface area contributed by atoms with Gasteiger partial charge >= 0.3 is 0 Å². The van der Waals surface area contributed by atoms with Crippen molar-refractivity contribution in [3.63, 3.8) is 0 Å². The van der Waals surface area contributed by atoms with E-state index in [1.807, 2.05) is 24.3 Å². The summed E-state index contributed by atoms with van der Waals surface area (Å²) < 4.78 is 7.65. The second kappa shape index (κ2) is 10.7. The molecule has 1 fully saturated rings. The number of nitrogens with one attached hydrogen (secondary N) is 2. The molecule has 35 heavy (non-hydrogen) atoms. The molecular weight excluding hydrogens is 436 g/mol. The molecule has 2 N–H and O–H groups in total. The number of nitrogens with zero attached hydrogens (tertiary/aromatic N) is 2. The molecule has 2 heterocycles. The van der Waals surface area contributed by atoms with Gasteiger partial charge in [-0.3, -0.25) is 4.79 Å². The van der Waals surface area contributed by atoms with Crippen LogP contribution in [0.3, 0.4) is 0 Å². The molecule has 0 unspecified atom stereocenters. The van der Waals surface area contributed by atoms with Crippen LogP contribution >= 0.6 is 0 Å². The lowest BCUT2D eigenvalue weighted by molar-refractivity contribution is 0.102. The number of amides is 1. The normalized spacial score (nSPS) is 14.3. The zero-order valence-electron chi connectivity index (χ0n) is 20.1. The quantitative estimate of drug-likeness (QED) is 0.375. The van der Waals surface area contributed by atoms with Gasteiger partial charge in [0.15, 0.2) is 0 Å². The zero-order valence-corrected chi connectivity index (χ0v) is 20.1. The Bertz CT molecular complexity index is 1290. The van der Waals surface area contributed by atoms with E-state index in [9.17, 15) is 4.79 Å². The van der Waals surface area contributed by atoms with E-state index in [1.165, 1.54) is 10.9 Å². The molecule has 1 aliphatic heterocycles. The van der Waals surface area contributed by atoms with Gasteiger partial charge in [0.2, 0.25) is 0 Å². The molecule has 3 aromatic carbocycles. The molecule has 5 rings (SSSR count). The monoisotopic (exact) mass is 468 g/mol. The van der Waals surface area contributed by atoms with Gasteiger partial charge in [-0.2, -0.15) is 0 Å². The highest BCUT2D eigenvalue weighted by molar-refractivity contribution is 6.06. The van der Waals surface area contributed by atoms with E-state index in [4.69, 9.17) is 4.74 Å². The van der Waals surface area contributed by atoms with Crippen LogP contribution in [0, 0.1) is 0 Å². The standard InChI is InChI=1S/C29H32N4O2/c1-35-28-12-5-3-10-26(28)29(34)31-24-8-6-9-25(21-24)32-18-14-23(15-19-32)30-16-20-33-17-13-22-7-2-4-11-27(22)33/h2-13,17,21,23,30H,14-16,18-20H2,1H3,(H,31,34). The fourth-order valence-electron chi connectivity index (χ4n) is 4.88. The van der Waals surface area contributed by atoms with Crippen LogP contribution in [0.15, 0.2) is 85.1 Å². The maximum atomic E-state index is 12.8. The summed E-state index contributed by atoms with van der Waals surface area (Å²) in [6.45, 7) is 3.93. The van der Waals surface area contributed by atoms with Gasteiger partial charge in [-0.05, 0) is 60.7 Å². The van der Waals surface area contributed by atoms with Crippen LogP contribution < -0.4 is 20.3 Å². The average molecular weight is 469 g/mol. The second-order valence-electron chi connectivity index (χ2n) is 8.99. The Labute approximate surface area is 206 Å². The van der Waals surface area contributed by atoms with E-state index in [-0.39, 0.29) is 5.91 Å². The molecule has 1 saturated heterocycles. The lowest BCUT2D eigenvalue weighted by Gasteiger charge is -2.34. The fourth-order valence-corrected chi connectivity index (χ4v) is 4.88. The lowest BCUT2D eigenvalue weighted by Crippen LogP contribution is -2.43. The number of hydrogen-bond acceptors (Lipinski definition) is 4. The minimum absolute atomic E-state index is 0.169. The van der Waals surface area contributed by atoms with Gasteiger partial charge in [-0.1, -0.05) is 36.4 Å². The second-order valence-corrected chi connectivity index (χ2v) is 8.99. The van der Waals surface area contributed by atoms with Crippen LogP contribution in [-0.4, -0.2) is 43.3 Å². The summed E-state index contributed by atoms with van der Waals surface area (Å²) in [5.74, 6) is 0.402. The smallest absolute Gasteiger partial charge is 0.259 e. The van der Waals surface area contributed by atoms with Gasteiger partial charge in [0.05, 0.1) is 12.7 Å². The van der Waals surface area contributed by atoms with Crippen molar-refractivity contribution in [3.8, 4) is 5.75 Å². The molecule has 4 aromatic rings. The molecule has 0 spiro atoms. The first-order chi connectivity index (χ1) is 17.2. The van der Waals surface area contributed by atoms with Crippen LogP contribution in [0.5, 0.6) is 5.75 Å². The van der Waals surface area contributed by atoms with Gasteiger partial charge in [-0.15, -0.1) is 0 Å². The predicted octanol–water partition coefficient (Wildman–Crippen LogP) is 5.16. The number of hydrogen-bond donors (Lipinski definition) is 2. The third kappa shape index (κ3) is 5.33. The van der Waals surface area contributed by atoms with Gasteiger partial charge < -0.3 is 24.8 Å². The molecule has 1 aliphatic rings. The van der Waals surface area contributed by atoms with Crippen LogP contribution in [0.2, 0.25) is 0 Å². The van der Waals surface area contributed by atoms with E-state index in [1.54, 1.807) is 19.2 Å². The number of piperidine rings is 1. The Morgan fingerprint density at radius 3 is 2.63 bits per heavy atom. The van der Waals surface area contributed by atoms with Gasteiger partial charge in [0.1, 0.15) is 5.75 Å². The van der Waals surface area contributed by atoms with Crippen molar-refractivity contribution in [2.75, 3.05) is 37.0 Å². The average Bonchev–Trinajstić information content (AvgIpc) is 3.32. The zero-order chi connectivity index (χ0) is 24.0. The Morgan fingerprint density at radius 2 is 1.77 bits per heavy atom. The van der Waals surface area contributed by atoms with Crippen molar-refractivity contribution >= 4 is 28.2 Å². The summed E-state index contributed by atoms with van der Waals surface area (Å²) in [6, 6.07) is 26.6. The number of ether oxygens (including phenoxy) is 1. The number of carbonyl (C=O) groups excluding carboxylic acids is 1. The first-order valence-electron chi connectivity index (χ1n) is 12.3. The van der Waals surface area contributed by atoms with Crippen LogP contribution in [0.1, 0.15) is 23.2 Å². The summed E-state index contributed by atoms with van der Waals surface area (Å²) in [5, 5.41) is 8.06. The van der Waals surface area contributed by atoms with E-state index >= 15 is 0 Å². The number of carbonyl (C=O) groups is 1. The molecule has 0 aliphatic carbocycles. The number of rotatable bonds is 8. The number of anilines is 2. The van der Waals surface area contributed by atoms with Crippen molar-refractivity contribution in [2.45, 2.75) is 25.4 Å². The number of aromatic nitrogens is 1. The summed E-state index contributed by atoms with van der Waals surface area (Å²) in [7, 11) is 1.58.